The molecule has 0 amide bonds. The van der Waals surface area contributed by atoms with Crippen LogP contribution in [0.3, 0.4) is 0 Å². The van der Waals surface area contributed by atoms with Gasteiger partial charge in [-0.2, -0.15) is 0 Å². The van der Waals surface area contributed by atoms with Crippen LogP contribution < -0.4 is 10.6 Å². The summed E-state index contributed by atoms with van der Waals surface area (Å²) in [6.07, 6.45) is 17.4. The van der Waals surface area contributed by atoms with Gasteiger partial charge in [-0.25, -0.2) is 4.99 Å². The number of hydrogen-bond donors (Lipinski definition) is 2. The first-order valence-corrected chi connectivity index (χ1v) is 20.8. The van der Waals surface area contributed by atoms with Gasteiger partial charge in [0.15, 0.2) is 0 Å². The molecule has 2 atom stereocenters. The number of furan rings is 1. The number of benzene rings is 6. The van der Waals surface area contributed by atoms with Crippen LogP contribution in [0.5, 0.6) is 0 Å². The van der Waals surface area contributed by atoms with Crippen molar-refractivity contribution in [2.45, 2.75) is 38.0 Å². The molecule has 6 aromatic carbocycles. The standard InChI is InChI=1S/C51H38N4OS/c1-3-12-31(13-4-1)49-52-50(32-14-5-2-6-15-32)54-51(53-49)34-22-25-39-41-28-33(23-27-44(41)56-45(39)29-34)36-18-11-21-46-48(36)40-26-24-35(30-47(40)57-46)55-42-19-9-7-16-37(42)38-17-8-10-20-43(38)55/h1,3,5,7-12,14-30,49,51,53H,2,4,6,13H2,(H,52,54). The van der Waals surface area contributed by atoms with E-state index in [1.165, 1.54) is 69.9 Å². The van der Waals surface area contributed by atoms with Gasteiger partial charge in [0.1, 0.15) is 29.3 Å². The zero-order valence-corrected chi connectivity index (χ0v) is 32.0. The van der Waals surface area contributed by atoms with Gasteiger partial charge in [0.2, 0.25) is 0 Å². The molecule has 274 valence electrons. The average molecular weight is 755 g/mol. The number of aliphatic imine (C=N–C) groups is 1. The number of amidine groups is 1. The van der Waals surface area contributed by atoms with Gasteiger partial charge < -0.3 is 14.3 Å². The van der Waals surface area contributed by atoms with Gasteiger partial charge >= 0.3 is 0 Å². The molecule has 1 aliphatic heterocycles. The van der Waals surface area contributed by atoms with Crippen molar-refractivity contribution in [3.63, 3.8) is 0 Å². The van der Waals surface area contributed by atoms with E-state index in [0.29, 0.717) is 0 Å². The second kappa shape index (κ2) is 13.1. The van der Waals surface area contributed by atoms with Crippen LogP contribution in [-0.2, 0) is 0 Å². The third-order valence-corrected chi connectivity index (χ3v) is 13.1. The maximum atomic E-state index is 6.58. The Bertz CT molecular complexity index is 3220. The molecule has 0 bridgehead atoms. The van der Waals surface area contributed by atoms with Crippen molar-refractivity contribution < 1.29 is 4.42 Å². The highest BCUT2D eigenvalue weighted by molar-refractivity contribution is 7.26. The minimum absolute atomic E-state index is 0.00810. The highest BCUT2D eigenvalue weighted by Gasteiger charge is 2.28. The number of para-hydroxylation sites is 2. The minimum Gasteiger partial charge on any atom is -0.456 e. The molecular formula is C51H38N4OS. The van der Waals surface area contributed by atoms with Gasteiger partial charge in [0, 0.05) is 53.0 Å². The Morgan fingerprint density at radius 3 is 2.37 bits per heavy atom. The summed E-state index contributed by atoms with van der Waals surface area (Å²) in [5.41, 5.74) is 11.4. The molecule has 0 radical (unpaired) electrons. The monoisotopic (exact) mass is 754 g/mol. The lowest BCUT2D eigenvalue weighted by Gasteiger charge is -2.34. The fourth-order valence-electron chi connectivity index (χ4n) is 9.25. The molecule has 9 aromatic rings. The molecule has 3 aliphatic rings. The van der Waals surface area contributed by atoms with Gasteiger partial charge in [-0.15, -0.1) is 11.3 Å². The van der Waals surface area contributed by atoms with E-state index in [0.717, 1.165) is 59.0 Å². The zero-order chi connectivity index (χ0) is 37.5. The summed E-state index contributed by atoms with van der Waals surface area (Å²) < 4.78 is 11.6. The van der Waals surface area contributed by atoms with Crippen molar-refractivity contribution >= 4 is 81.1 Å². The van der Waals surface area contributed by atoms with Crippen LogP contribution in [0.2, 0.25) is 0 Å². The lowest BCUT2D eigenvalue weighted by Crippen LogP contribution is -2.52. The Balaban J connectivity index is 0.929. The van der Waals surface area contributed by atoms with Crippen LogP contribution in [0.1, 0.15) is 37.4 Å². The van der Waals surface area contributed by atoms with Gasteiger partial charge in [0.25, 0.3) is 0 Å². The maximum Gasteiger partial charge on any atom is 0.135 e. The summed E-state index contributed by atoms with van der Waals surface area (Å²) in [6, 6.07) is 44.4. The summed E-state index contributed by atoms with van der Waals surface area (Å²) in [5, 5.41) is 14.9. The van der Waals surface area contributed by atoms with Gasteiger partial charge in [-0.3, -0.25) is 5.32 Å². The minimum atomic E-state index is -0.206. The first-order chi connectivity index (χ1) is 28.2. The predicted molar refractivity (Wildman–Crippen MR) is 240 cm³/mol. The van der Waals surface area contributed by atoms with E-state index in [1.807, 2.05) is 11.3 Å². The first-order valence-electron chi connectivity index (χ1n) is 20.0. The smallest absolute Gasteiger partial charge is 0.135 e. The molecule has 2 unspecified atom stereocenters. The Morgan fingerprint density at radius 2 is 1.54 bits per heavy atom. The molecule has 57 heavy (non-hydrogen) atoms. The molecule has 3 aromatic heterocycles. The molecule has 0 fully saturated rings. The molecule has 0 saturated heterocycles. The Kier molecular flexibility index (Phi) is 7.50. The van der Waals surface area contributed by atoms with Gasteiger partial charge in [0.05, 0.1) is 11.0 Å². The van der Waals surface area contributed by atoms with Gasteiger partial charge in [-0.1, -0.05) is 109 Å². The van der Waals surface area contributed by atoms with Crippen molar-refractivity contribution in [1.29, 1.82) is 0 Å². The van der Waals surface area contributed by atoms with Crippen molar-refractivity contribution in [3.8, 4) is 16.8 Å². The van der Waals surface area contributed by atoms with Crippen molar-refractivity contribution in [2.75, 3.05) is 0 Å². The number of fused-ring (bicyclic) bond motifs is 9. The van der Waals surface area contributed by atoms with E-state index < -0.39 is 0 Å². The zero-order valence-electron chi connectivity index (χ0n) is 31.2. The number of allylic oxidation sites excluding steroid dienone is 5. The van der Waals surface area contributed by atoms with Crippen molar-refractivity contribution in [3.05, 3.63) is 174 Å². The number of thiophene rings is 1. The summed E-state index contributed by atoms with van der Waals surface area (Å²) in [7, 11) is 0. The highest BCUT2D eigenvalue weighted by Crippen LogP contribution is 2.43. The van der Waals surface area contributed by atoms with Crippen LogP contribution in [0.25, 0.3) is 80.7 Å². The largest absolute Gasteiger partial charge is 0.456 e. The third-order valence-electron chi connectivity index (χ3n) is 12.0. The molecule has 0 spiro atoms. The van der Waals surface area contributed by atoms with Crippen LogP contribution in [0.15, 0.2) is 178 Å². The summed E-state index contributed by atoms with van der Waals surface area (Å²) in [5.74, 6) is 0.947. The molecule has 2 N–H and O–H groups in total. The summed E-state index contributed by atoms with van der Waals surface area (Å²) in [6.45, 7) is 0. The Morgan fingerprint density at radius 1 is 0.684 bits per heavy atom. The van der Waals surface area contributed by atoms with Crippen LogP contribution in [0, 0.1) is 0 Å². The van der Waals surface area contributed by atoms with E-state index in [4.69, 9.17) is 9.41 Å². The van der Waals surface area contributed by atoms with Crippen LogP contribution in [0.4, 0.5) is 0 Å². The highest BCUT2D eigenvalue weighted by atomic mass is 32.1. The predicted octanol–water partition coefficient (Wildman–Crippen LogP) is 13.2. The number of nitrogens with zero attached hydrogens (tertiary/aromatic N) is 2. The number of aromatic nitrogens is 1. The molecule has 2 aliphatic carbocycles. The quantitative estimate of drug-likeness (QED) is 0.184. The van der Waals surface area contributed by atoms with Gasteiger partial charge in [-0.05, 0) is 96.5 Å². The van der Waals surface area contributed by atoms with Crippen molar-refractivity contribution in [2.24, 2.45) is 4.99 Å². The second-order valence-electron chi connectivity index (χ2n) is 15.4. The average Bonchev–Trinajstić information content (AvgIpc) is 3.95. The molecule has 12 rings (SSSR count). The first kappa shape index (κ1) is 32.7. The van der Waals surface area contributed by atoms with Crippen LogP contribution in [-0.4, -0.2) is 16.6 Å². The Labute approximate surface area is 333 Å². The van der Waals surface area contributed by atoms with E-state index >= 15 is 0 Å². The summed E-state index contributed by atoms with van der Waals surface area (Å²) >= 11 is 1.87. The SMILES string of the molecule is C1=CCCC(C2NC(C3=CCCC=C3)=NC(c3ccc4c(c3)oc3ccc(-c5cccc6sc7cc(-n8c9ccccc9c9ccccc98)ccc7c56)cc34)N2)=C1. The van der Waals surface area contributed by atoms with E-state index in [2.05, 4.69) is 173 Å². The Hall–Kier alpha value is -6.47. The number of nitrogens with one attached hydrogen (secondary N) is 2. The second-order valence-corrected chi connectivity index (χ2v) is 16.5. The third kappa shape index (κ3) is 5.36. The fourth-order valence-corrected chi connectivity index (χ4v) is 10.4. The lowest BCUT2D eigenvalue weighted by atomic mass is 9.97. The summed E-state index contributed by atoms with van der Waals surface area (Å²) in [4.78, 5) is 5.22. The molecule has 0 saturated carbocycles. The van der Waals surface area contributed by atoms with Crippen LogP contribution >= 0.6 is 11.3 Å². The van der Waals surface area contributed by atoms with E-state index in [9.17, 15) is 0 Å². The van der Waals surface area contributed by atoms with Crippen molar-refractivity contribution in [1.82, 2.24) is 15.2 Å². The lowest BCUT2D eigenvalue weighted by molar-refractivity contribution is 0.428. The molecule has 5 nitrogen and oxygen atoms in total. The maximum absolute atomic E-state index is 6.58. The van der Waals surface area contributed by atoms with E-state index in [1.54, 1.807) is 0 Å². The molecular weight excluding hydrogens is 717 g/mol. The van der Waals surface area contributed by atoms with E-state index in [-0.39, 0.29) is 12.3 Å². The number of hydrogen-bond acceptors (Lipinski definition) is 5. The molecule has 4 heterocycles. The topological polar surface area (TPSA) is 54.5 Å². The number of rotatable bonds is 5. The normalized spacial score (nSPS) is 18.5. The molecule has 6 heteroatoms. The fraction of sp³-hybridized carbons (Fsp3) is 0.118.